The van der Waals surface area contributed by atoms with E-state index in [1.54, 1.807) is 6.92 Å². The third-order valence-electron chi connectivity index (χ3n) is 1.92. The van der Waals surface area contributed by atoms with Gasteiger partial charge in [-0.2, -0.15) is 0 Å². The van der Waals surface area contributed by atoms with Crippen LogP contribution in [0.3, 0.4) is 0 Å². The molecule has 0 radical (unpaired) electrons. The summed E-state index contributed by atoms with van der Waals surface area (Å²) < 4.78 is 0. The Morgan fingerprint density at radius 2 is 1.92 bits per heavy atom. The molecule has 0 fully saturated rings. The van der Waals surface area contributed by atoms with Crippen molar-refractivity contribution in [2.45, 2.75) is 32.7 Å². The van der Waals surface area contributed by atoms with Crippen LogP contribution < -0.4 is 5.73 Å². The molecule has 70 valence electrons. The molecule has 4 heteroatoms. The van der Waals surface area contributed by atoms with Crippen molar-refractivity contribution < 1.29 is 14.7 Å². The number of carbonyl (C=O) groups excluding carboxylic acids is 1. The van der Waals surface area contributed by atoms with E-state index in [0.29, 0.717) is 12.8 Å². The minimum absolute atomic E-state index is 0.0765. The number of hydrogen-bond acceptors (Lipinski definition) is 3. The lowest BCUT2D eigenvalue weighted by Gasteiger charge is -2.09. The maximum Gasteiger partial charge on any atom is 0.320 e. The lowest BCUT2D eigenvalue weighted by Crippen LogP contribution is -2.30. The van der Waals surface area contributed by atoms with Gasteiger partial charge >= 0.3 is 5.97 Å². The van der Waals surface area contributed by atoms with Gasteiger partial charge in [-0.25, -0.2) is 0 Å². The van der Waals surface area contributed by atoms with E-state index in [4.69, 9.17) is 10.8 Å². The number of rotatable bonds is 5. The Labute approximate surface area is 71.8 Å². The van der Waals surface area contributed by atoms with Gasteiger partial charge in [-0.3, -0.25) is 9.59 Å². The predicted octanol–water partition coefficient (Wildman–Crippen LogP) is 0.404. The van der Waals surface area contributed by atoms with Gasteiger partial charge in [0.2, 0.25) is 0 Å². The molecule has 4 nitrogen and oxygen atoms in total. The normalized spacial score (nSPS) is 15.2. The SMILES string of the molecule is CC(=O)C(C)CC[C@H](N)C(=O)O. The summed E-state index contributed by atoms with van der Waals surface area (Å²) in [7, 11) is 0. The first-order valence-electron chi connectivity index (χ1n) is 3.94. The Balaban J connectivity index is 3.68. The molecule has 0 bridgehead atoms. The highest BCUT2D eigenvalue weighted by Gasteiger charge is 2.14. The molecular formula is C8H15NO3. The zero-order valence-corrected chi connectivity index (χ0v) is 7.41. The quantitative estimate of drug-likeness (QED) is 0.630. The Morgan fingerprint density at radius 1 is 1.42 bits per heavy atom. The van der Waals surface area contributed by atoms with Gasteiger partial charge in [0.1, 0.15) is 11.8 Å². The summed E-state index contributed by atoms with van der Waals surface area (Å²) in [5.74, 6) is -1.02. The van der Waals surface area contributed by atoms with Gasteiger partial charge in [0.25, 0.3) is 0 Å². The van der Waals surface area contributed by atoms with E-state index in [0.717, 1.165) is 0 Å². The first kappa shape index (κ1) is 11.1. The third kappa shape index (κ3) is 4.08. The fraction of sp³-hybridized carbons (Fsp3) is 0.750. The van der Waals surface area contributed by atoms with E-state index in [1.807, 2.05) is 0 Å². The fourth-order valence-corrected chi connectivity index (χ4v) is 0.756. The summed E-state index contributed by atoms with van der Waals surface area (Å²) in [6.45, 7) is 3.27. The molecule has 0 aromatic rings. The zero-order valence-electron chi connectivity index (χ0n) is 7.41. The number of Topliss-reactive ketones (excluding diaryl/α,β-unsaturated/α-hetero) is 1. The Kier molecular flexibility index (Phi) is 4.51. The largest absolute Gasteiger partial charge is 0.480 e. The molecule has 0 heterocycles. The van der Waals surface area contributed by atoms with E-state index < -0.39 is 12.0 Å². The molecule has 0 saturated heterocycles. The van der Waals surface area contributed by atoms with Gasteiger partial charge < -0.3 is 10.8 Å². The van der Waals surface area contributed by atoms with Crippen molar-refractivity contribution in [3.63, 3.8) is 0 Å². The van der Waals surface area contributed by atoms with Crippen LogP contribution in [0.5, 0.6) is 0 Å². The van der Waals surface area contributed by atoms with Crippen LogP contribution in [0.1, 0.15) is 26.7 Å². The highest BCUT2D eigenvalue weighted by Crippen LogP contribution is 2.07. The van der Waals surface area contributed by atoms with Crippen LogP contribution in [0.25, 0.3) is 0 Å². The Morgan fingerprint density at radius 3 is 2.25 bits per heavy atom. The second-order valence-electron chi connectivity index (χ2n) is 3.03. The second kappa shape index (κ2) is 4.87. The van der Waals surface area contributed by atoms with Crippen molar-refractivity contribution in [3.8, 4) is 0 Å². The third-order valence-corrected chi connectivity index (χ3v) is 1.92. The highest BCUT2D eigenvalue weighted by atomic mass is 16.4. The molecule has 0 aromatic heterocycles. The molecule has 0 aliphatic carbocycles. The van der Waals surface area contributed by atoms with Crippen LogP contribution in [-0.2, 0) is 9.59 Å². The molecule has 1 unspecified atom stereocenters. The fourth-order valence-electron chi connectivity index (χ4n) is 0.756. The average molecular weight is 173 g/mol. The molecule has 0 spiro atoms. The minimum atomic E-state index is -1.01. The molecule has 3 N–H and O–H groups in total. The maximum absolute atomic E-state index is 10.7. The van der Waals surface area contributed by atoms with Crippen molar-refractivity contribution in [1.29, 1.82) is 0 Å². The number of carboxylic acids is 1. The van der Waals surface area contributed by atoms with Gasteiger partial charge in [-0.15, -0.1) is 0 Å². The average Bonchev–Trinajstić information content (AvgIpc) is 1.98. The van der Waals surface area contributed by atoms with Gasteiger partial charge in [-0.05, 0) is 19.8 Å². The summed E-state index contributed by atoms with van der Waals surface area (Å²) in [6.07, 6.45) is 0.902. The number of ketones is 1. The molecule has 0 saturated carbocycles. The van der Waals surface area contributed by atoms with Crippen LogP contribution >= 0.6 is 0 Å². The number of hydrogen-bond donors (Lipinski definition) is 2. The smallest absolute Gasteiger partial charge is 0.320 e. The summed E-state index contributed by atoms with van der Waals surface area (Å²) in [6, 6.07) is -0.841. The van der Waals surface area contributed by atoms with E-state index >= 15 is 0 Å². The van der Waals surface area contributed by atoms with Crippen LogP contribution in [-0.4, -0.2) is 22.9 Å². The molecule has 0 rings (SSSR count). The monoisotopic (exact) mass is 173 g/mol. The zero-order chi connectivity index (χ0) is 9.72. The predicted molar refractivity (Wildman–Crippen MR) is 44.7 cm³/mol. The van der Waals surface area contributed by atoms with E-state index in [2.05, 4.69) is 0 Å². The molecule has 0 aromatic carbocycles. The maximum atomic E-state index is 10.7. The molecular weight excluding hydrogens is 158 g/mol. The summed E-state index contributed by atoms with van der Waals surface area (Å²) >= 11 is 0. The van der Waals surface area contributed by atoms with Crippen molar-refractivity contribution in [1.82, 2.24) is 0 Å². The van der Waals surface area contributed by atoms with E-state index in [9.17, 15) is 9.59 Å². The first-order valence-corrected chi connectivity index (χ1v) is 3.94. The van der Waals surface area contributed by atoms with Gasteiger partial charge in [-0.1, -0.05) is 6.92 Å². The Bertz CT molecular complexity index is 159. The standard InChI is InChI=1S/C8H15NO3/c1-5(6(2)10)3-4-7(9)8(11)12/h5,7H,3-4,9H2,1-2H3,(H,11,12)/t5?,7-/m0/s1. The lowest BCUT2D eigenvalue weighted by molar-refractivity contribution is -0.139. The van der Waals surface area contributed by atoms with Gasteiger partial charge in [0.15, 0.2) is 0 Å². The van der Waals surface area contributed by atoms with Crippen LogP contribution in [0, 0.1) is 5.92 Å². The van der Waals surface area contributed by atoms with Crippen molar-refractivity contribution in [2.75, 3.05) is 0 Å². The molecule has 0 aliphatic heterocycles. The lowest BCUT2D eigenvalue weighted by atomic mass is 9.99. The van der Waals surface area contributed by atoms with E-state index in [1.165, 1.54) is 6.92 Å². The summed E-state index contributed by atoms with van der Waals surface area (Å²) in [5, 5.41) is 8.42. The topological polar surface area (TPSA) is 80.4 Å². The number of aliphatic carboxylic acids is 1. The van der Waals surface area contributed by atoms with Crippen molar-refractivity contribution >= 4 is 11.8 Å². The Hall–Kier alpha value is -0.900. The van der Waals surface area contributed by atoms with Gasteiger partial charge in [0.05, 0.1) is 0 Å². The molecule has 0 aliphatic rings. The van der Waals surface area contributed by atoms with Crippen LogP contribution in [0.4, 0.5) is 0 Å². The first-order chi connectivity index (χ1) is 5.45. The van der Waals surface area contributed by atoms with Crippen LogP contribution in [0.2, 0.25) is 0 Å². The van der Waals surface area contributed by atoms with E-state index in [-0.39, 0.29) is 11.7 Å². The molecule has 2 atom stereocenters. The summed E-state index contributed by atoms with van der Waals surface area (Å²) in [4.78, 5) is 21.0. The highest BCUT2D eigenvalue weighted by molar-refractivity contribution is 5.78. The van der Waals surface area contributed by atoms with Gasteiger partial charge in [0, 0.05) is 5.92 Å². The minimum Gasteiger partial charge on any atom is -0.480 e. The summed E-state index contributed by atoms with van der Waals surface area (Å²) in [5.41, 5.74) is 5.25. The molecule has 0 amide bonds. The van der Waals surface area contributed by atoms with Crippen LogP contribution in [0.15, 0.2) is 0 Å². The van der Waals surface area contributed by atoms with Crippen molar-refractivity contribution in [2.24, 2.45) is 11.7 Å². The number of carbonyl (C=O) groups is 2. The number of carboxylic acid groups (broad SMARTS) is 1. The second-order valence-corrected chi connectivity index (χ2v) is 3.03. The number of nitrogens with two attached hydrogens (primary N) is 1. The molecule has 12 heavy (non-hydrogen) atoms. The van der Waals surface area contributed by atoms with Crippen molar-refractivity contribution in [3.05, 3.63) is 0 Å².